The van der Waals surface area contributed by atoms with Gasteiger partial charge in [-0.25, -0.2) is 0 Å². The molecule has 3 nitrogen and oxygen atoms in total. The van der Waals surface area contributed by atoms with Gasteiger partial charge in [0.05, 0.1) is 11.7 Å². The van der Waals surface area contributed by atoms with Gasteiger partial charge in [-0.1, -0.05) is 42.5 Å². The van der Waals surface area contributed by atoms with Crippen LogP contribution in [0.1, 0.15) is 30.6 Å². The summed E-state index contributed by atoms with van der Waals surface area (Å²) in [4.78, 5) is 16.4. The fourth-order valence-corrected chi connectivity index (χ4v) is 3.55. The van der Waals surface area contributed by atoms with Crippen LogP contribution in [0.5, 0.6) is 0 Å². The molecule has 1 unspecified atom stereocenters. The lowest BCUT2D eigenvalue weighted by Crippen LogP contribution is -2.26. The Morgan fingerprint density at radius 2 is 1.88 bits per heavy atom. The van der Waals surface area contributed by atoms with Gasteiger partial charge in [0.1, 0.15) is 0 Å². The lowest BCUT2D eigenvalue weighted by atomic mass is 10.0. The predicted molar refractivity (Wildman–Crippen MR) is 106 cm³/mol. The zero-order valence-electron chi connectivity index (χ0n) is 14.3. The van der Waals surface area contributed by atoms with Gasteiger partial charge in [-0.05, 0) is 41.5 Å². The molecule has 3 aromatic rings. The van der Waals surface area contributed by atoms with Gasteiger partial charge in [0.25, 0.3) is 0 Å². The smallest absolute Gasteiger partial charge is 0.221 e. The number of hydrogen-bond acceptors (Lipinski definition) is 3. The average Bonchev–Trinajstić information content (AvgIpc) is 2.65. The van der Waals surface area contributed by atoms with Crippen LogP contribution in [0.15, 0.2) is 66.9 Å². The van der Waals surface area contributed by atoms with Crippen molar-refractivity contribution in [2.45, 2.75) is 25.1 Å². The molecule has 0 saturated carbocycles. The number of nitrogens with zero attached hydrogens (tertiary/aromatic N) is 1. The summed E-state index contributed by atoms with van der Waals surface area (Å²) in [5, 5.41) is 5.51. The first-order valence-electron chi connectivity index (χ1n) is 8.48. The Morgan fingerprint density at radius 1 is 1.08 bits per heavy atom. The van der Waals surface area contributed by atoms with Crippen LogP contribution in [0.3, 0.4) is 0 Å². The number of rotatable bonds is 7. The highest BCUT2D eigenvalue weighted by atomic mass is 32.2. The number of fused-ring (bicyclic) bond motifs is 1. The van der Waals surface area contributed by atoms with Gasteiger partial charge in [0.15, 0.2) is 0 Å². The van der Waals surface area contributed by atoms with E-state index >= 15 is 0 Å². The van der Waals surface area contributed by atoms with Crippen molar-refractivity contribution in [2.75, 3.05) is 5.75 Å². The highest BCUT2D eigenvalue weighted by molar-refractivity contribution is 7.98. The van der Waals surface area contributed by atoms with E-state index < -0.39 is 0 Å². The monoisotopic (exact) mass is 350 g/mol. The Balaban J connectivity index is 1.46. The van der Waals surface area contributed by atoms with E-state index in [-0.39, 0.29) is 11.9 Å². The first-order chi connectivity index (χ1) is 12.2. The van der Waals surface area contributed by atoms with Crippen LogP contribution in [0.4, 0.5) is 0 Å². The van der Waals surface area contributed by atoms with Crippen molar-refractivity contribution in [3.8, 4) is 0 Å². The normalized spacial score (nSPS) is 12.0. The molecule has 0 radical (unpaired) electrons. The van der Waals surface area contributed by atoms with Crippen LogP contribution in [0.2, 0.25) is 0 Å². The third kappa shape index (κ3) is 5.07. The zero-order valence-corrected chi connectivity index (χ0v) is 15.1. The van der Waals surface area contributed by atoms with Crippen molar-refractivity contribution in [1.29, 1.82) is 0 Å². The molecule has 1 heterocycles. The number of aromatic nitrogens is 1. The number of benzene rings is 2. The summed E-state index contributed by atoms with van der Waals surface area (Å²) in [7, 11) is 0. The van der Waals surface area contributed by atoms with Gasteiger partial charge >= 0.3 is 0 Å². The maximum absolute atomic E-state index is 12.2. The van der Waals surface area contributed by atoms with Crippen LogP contribution in [0, 0.1) is 0 Å². The number of carbonyl (C=O) groups is 1. The number of hydrogen-bond donors (Lipinski definition) is 1. The van der Waals surface area contributed by atoms with Crippen LogP contribution < -0.4 is 5.32 Å². The van der Waals surface area contributed by atoms with Gasteiger partial charge in [0, 0.05) is 24.1 Å². The van der Waals surface area contributed by atoms with Crippen molar-refractivity contribution in [3.63, 3.8) is 0 Å². The Bertz CT molecular complexity index is 835. The van der Waals surface area contributed by atoms with E-state index in [0.29, 0.717) is 6.42 Å². The second kappa shape index (κ2) is 8.67. The topological polar surface area (TPSA) is 42.0 Å². The first-order valence-corrected chi connectivity index (χ1v) is 9.63. The Labute approximate surface area is 152 Å². The summed E-state index contributed by atoms with van der Waals surface area (Å²) in [6.45, 7) is 2.03. The summed E-state index contributed by atoms with van der Waals surface area (Å²) in [5.74, 6) is 1.73. The second-order valence-corrected chi connectivity index (χ2v) is 7.12. The lowest BCUT2D eigenvalue weighted by Gasteiger charge is -2.15. The Hall–Kier alpha value is -2.33. The van der Waals surface area contributed by atoms with Gasteiger partial charge in [-0.2, -0.15) is 11.8 Å². The van der Waals surface area contributed by atoms with Crippen LogP contribution >= 0.6 is 11.8 Å². The van der Waals surface area contributed by atoms with Crippen molar-refractivity contribution >= 4 is 28.4 Å². The van der Waals surface area contributed by atoms with Gasteiger partial charge in [-0.15, -0.1) is 0 Å². The van der Waals surface area contributed by atoms with E-state index in [1.54, 1.807) is 18.0 Å². The fraction of sp³-hybridized carbons (Fsp3) is 0.238. The van der Waals surface area contributed by atoms with Gasteiger partial charge in [-0.3, -0.25) is 9.78 Å². The minimum atomic E-state index is 0.0119. The zero-order chi connectivity index (χ0) is 17.5. The molecular weight excluding hydrogens is 328 g/mol. The maximum Gasteiger partial charge on any atom is 0.221 e. The largest absolute Gasteiger partial charge is 0.350 e. The summed E-state index contributed by atoms with van der Waals surface area (Å²) in [6, 6.07) is 20.5. The van der Waals surface area contributed by atoms with Crippen molar-refractivity contribution in [1.82, 2.24) is 10.3 Å². The van der Waals surface area contributed by atoms with Crippen molar-refractivity contribution < 1.29 is 4.79 Å². The quantitative estimate of drug-likeness (QED) is 0.626. The molecule has 0 aliphatic carbocycles. The molecule has 3 rings (SSSR count). The van der Waals surface area contributed by atoms with Gasteiger partial charge in [0.2, 0.25) is 5.91 Å². The van der Waals surface area contributed by atoms with Crippen LogP contribution in [-0.4, -0.2) is 16.6 Å². The highest BCUT2D eigenvalue weighted by Crippen LogP contribution is 2.20. The Kier molecular flexibility index (Phi) is 6.07. The molecule has 0 spiro atoms. The van der Waals surface area contributed by atoms with E-state index in [2.05, 4.69) is 40.6 Å². The minimum absolute atomic E-state index is 0.0119. The van der Waals surface area contributed by atoms with E-state index in [0.717, 1.165) is 22.8 Å². The maximum atomic E-state index is 12.2. The highest BCUT2D eigenvalue weighted by Gasteiger charge is 2.10. The molecule has 0 fully saturated rings. The molecule has 4 heteroatoms. The number of nitrogens with one attached hydrogen (secondary N) is 1. The first kappa shape index (κ1) is 17.5. The Morgan fingerprint density at radius 3 is 2.68 bits per heavy atom. The number of amides is 1. The average molecular weight is 350 g/mol. The van der Waals surface area contributed by atoms with Gasteiger partial charge < -0.3 is 5.32 Å². The molecule has 25 heavy (non-hydrogen) atoms. The third-order valence-corrected chi connectivity index (χ3v) is 5.09. The number of pyridine rings is 1. The molecule has 1 aromatic heterocycles. The number of carbonyl (C=O) groups excluding carboxylic acids is 1. The van der Waals surface area contributed by atoms with Crippen molar-refractivity contribution in [2.24, 2.45) is 0 Å². The molecule has 0 aliphatic heterocycles. The summed E-state index contributed by atoms with van der Waals surface area (Å²) >= 11 is 1.74. The molecule has 0 bridgehead atoms. The van der Waals surface area contributed by atoms with E-state index in [1.165, 1.54) is 10.8 Å². The second-order valence-electron chi connectivity index (χ2n) is 6.02. The summed E-state index contributed by atoms with van der Waals surface area (Å²) in [5.41, 5.74) is 2.19. The number of thioether (sulfide) groups is 1. The lowest BCUT2D eigenvalue weighted by molar-refractivity contribution is -0.121. The van der Waals surface area contributed by atoms with E-state index in [1.807, 2.05) is 37.3 Å². The van der Waals surface area contributed by atoms with Crippen molar-refractivity contribution in [3.05, 3.63) is 78.1 Å². The van der Waals surface area contributed by atoms with E-state index in [4.69, 9.17) is 0 Å². The summed E-state index contributed by atoms with van der Waals surface area (Å²) < 4.78 is 0. The fourth-order valence-electron chi connectivity index (χ4n) is 2.70. The van der Waals surface area contributed by atoms with Crippen LogP contribution in [0.25, 0.3) is 10.8 Å². The molecular formula is C21H22N2OS. The summed E-state index contributed by atoms with van der Waals surface area (Å²) in [6.07, 6.45) is 2.32. The molecule has 1 N–H and O–H groups in total. The van der Waals surface area contributed by atoms with E-state index in [9.17, 15) is 4.79 Å². The molecule has 0 saturated heterocycles. The third-order valence-electron chi connectivity index (χ3n) is 4.10. The standard InChI is InChI=1S/C21H22N2OS/c1-16(18-10-9-17-6-2-3-7-19(17)14-18)23-21(24)11-13-25-15-20-8-4-5-12-22-20/h2-10,12,14,16H,11,13,15H2,1H3,(H,23,24). The SMILES string of the molecule is CC(NC(=O)CCSCc1ccccn1)c1ccc2ccccc2c1. The molecule has 1 amide bonds. The minimum Gasteiger partial charge on any atom is -0.350 e. The molecule has 1 atom stereocenters. The predicted octanol–water partition coefficient (Wildman–Crippen LogP) is 4.74. The molecule has 128 valence electrons. The molecule has 2 aromatic carbocycles. The van der Waals surface area contributed by atoms with Crippen LogP contribution in [-0.2, 0) is 10.5 Å². The molecule has 0 aliphatic rings.